The molecule has 2 aromatic carbocycles. The molecule has 0 fully saturated rings. The number of aromatic nitrogens is 1. The number of rotatable bonds is 7. The van der Waals surface area contributed by atoms with Gasteiger partial charge in [0.15, 0.2) is 5.78 Å². The number of ether oxygens (including phenoxy) is 1. The molecular formula is C22H20N4O3S. The fourth-order valence-electron chi connectivity index (χ4n) is 3.13. The summed E-state index contributed by atoms with van der Waals surface area (Å²) in [7, 11) is 0. The smallest absolute Gasteiger partial charge is 0.272 e. The van der Waals surface area contributed by atoms with Crippen molar-refractivity contribution in [1.82, 2.24) is 4.98 Å². The second kappa shape index (κ2) is 8.87. The predicted octanol–water partition coefficient (Wildman–Crippen LogP) is 3.88. The molecule has 7 nitrogen and oxygen atoms in total. The molecule has 3 aromatic rings. The van der Waals surface area contributed by atoms with Crippen molar-refractivity contribution < 1.29 is 14.3 Å². The fraction of sp³-hybridized carbons (Fsp3) is 0.182. The Kier molecular flexibility index (Phi) is 5.85. The van der Waals surface area contributed by atoms with E-state index in [4.69, 9.17) is 4.74 Å². The van der Waals surface area contributed by atoms with E-state index in [0.29, 0.717) is 23.8 Å². The van der Waals surface area contributed by atoms with Crippen LogP contribution in [0.15, 0.2) is 70.6 Å². The highest BCUT2D eigenvalue weighted by molar-refractivity contribution is 7.07. The minimum atomic E-state index is -0.496. The number of Topliss-reactive ketones (excluding diaryl/α,β-unsaturated/α-hetero) is 1. The van der Waals surface area contributed by atoms with Gasteiger partial charge < -0.3 is 10.1 Å². The van der Waals surface area contributed by atoms with Gasteiger partial charge >= 0.3 is 0 Å². The standard InChI is InChI=1S/C22H20N4O3S/c1-15(27)20-11-19(25-26(20)17-7-3-2-4-8-17)22(28)24-18-9-5-6-10-21(18)29-12-16-13-30-14-23-16/h2-10,13-14,20H,11-12H2,1H3,(H,24,28). The van der Waals surface area contributed by atoms with Gasteiger partial charge in [-0.1, -0.05) is 30.3 Å². The lowest BCUT2D eigenvalue weighted by atomic mass is 10.1. The Morgan fingerprint density at radius 2 is 1.93 bits per heavy atom. The predicted molar refractivity (Wildman–Crippen MR) is 117 cm³/mol. The lowest BCUT2D eigenvalue weighted by molar-refractivity contribution is -0.118. The Bertz CT molecular complexity index is 1070. The fourth-order valence-corrected chi connectivity index (χ4v) is 3.68. The second-order valence-corrected chi connectivity index (χ2v) is 7.49. The van der Waals surface area contributed by atoms with E-state index < -0.39 is 6.04 Å². The second-order valence-electron chi connectivity index (χ2n) is 6.78. The monoisotopic (exact) mass is 420 g/mol. The molecule has 1 atom stereocenters. The van der Waals surface area contributed by atoms with Gasteiger partial charge in [-0.15, -0.1) is 11.3 Å². The number of para-hydroxylation sites is 3. The highest BCUT2D eigenvalue weighted by Gasteiger charge is 2.34. The first-order chi connectivity index (χ1) is 14.6. The average Bonchev–Trinajstić information content (AvgIpc) is 3.44. The van der Waals surface area contributed by atoms with Crippen LogP contribution >= 0.6 is 11.3 Å². The summed E-state index contributed by atoms with van der Waals surface area (Å²) in [6, 6.07) is 16.1. The first kappa shape index (κ1) is 19.8. The summed E-state index contributed by atoms with van der Waals surface area (Å²) < 4.78 is 5.82. The number of hydrogen-bond acceptors (Lipinski definition) is 7. The number of ketones is 1. The van der Waals surface area contributed by atoms with Crippen LogP contribution in [0.4, 0.5) is 11.4 Å². The third-order valence-electron chi connectivity index (χ3n) is 4.66. The van der Waals surface area contributed by atoms with Gasteiger partial charge in [0.1, 0.15) is 24.1 Å². The molecule has 0 aliphatic carbocycles. The average molecular weight is 420 g/mol. The largest absolute Gasteiger partial charge is 0.485 e. The van der Waals surface area contributed by atoms with E-state index >= 15 is 0 Å². The third-order valence-corrected chi connectivity index (χ3v) is 5.29. The highest BCUT2D eigenvalue weighted by atomic mass is 32.1. The van der Waals surface area contributed by atoms with Crippen molar-refractivity contribution in [2.24, 2.45) is 5.10 Å². The number of nitrogens with zero attached hydrogens (tertiary/aromatic N) is 3. The van der Waals surface area contributed by atoms with E-state index in [1.165, 1.54) is 18.3 Å². The van der Waals surface area contributed by atoms with Crippen molar-refractivity contribution >= 4 is 40.1 Å². The highest BCUT2D eigenvalue weighted by Crippen LogP contribution is 2.28. The van der Waals surface area contributed by atoms with Gasteiger partial charge in [0.05, 0.1) is 22.6 Å². The lowest BCUT2D eigenvalue weighted by Crippen LogP contribution is -2.33. The summed E-state index contributed by atoms with van der Waals surface area (Å²) in [5.41, 5.74) is 4.18. The summed E-state index contributed by atoms with van der Waals surface area (Å²) in [5, 5.41) is 10.8. The molecule has 1 aromatic heterocycles. The van der Waals surface area contributed by atoms with Crippen molar-refractivity contribution in [1.29, 1.82) is 0 Å². The summed E-state index contributed by atoms with van der Waals surface area (Å²) >= 11 is 1.50. The van der Waals surface area contributed by atoms with E-state index in [0.717, 1.165) is 11.4 Å². The molecule has 1 unspecified atom stereocenters. The van der Waals surface area contributed by atoms with Crippen molar-refractivity contribution in [3.8, 4) is 5.75 Å². The topological polar surface area (TPSA) is 83.9 Å². The van der Waals surface area contributed by atoms with E-state index in [9.17, 15) is 9.59 Å². The van der Waals surface area contributed by atoms with Crippen LogP contribution in [0.2, 0.25) is 0 Å². The first-order valence-electron chi connectivity index (χ1n) is 9.44. The van der Waals surface area contributed by atoms with E-state index in [1.807, 2.05) is 47.8 Å². The molecule has 8 heteroatoms. The van der Waals surface area contributed by atoms with Gasteiger partial charge in [0.25, 0.3) is 5.91 Å². The SMILES string of the molecule is CC(=O)C1CC(C(=O)Nc2ccccc2OCc2cscn2)=NN1c1ccccc1. The summed E-state index contributed by atoms with van der Waals surface area (Å²) in [5.74, 6) is 0.141. The van der Waals surface area contributed by atoms with Crippen LogP contribution in [0.5, 0.6) is 5.75 Å². The maximum Gasteiger partial charge on any atom is 0.272 e. The number of hydrogen-bond donors (Lipinski definition) is 1. The molecule has 4 rings (SSSR count). The maximum absolute atomic E-state index is 12.9. The van der Waals surface area contributed by atoms with Crippen molar-refractivity contribution in [2.45, 2.75) is 26.0 Å². The minimum absolute atomic E-state index is 0.0441. The van der Waals surface area contributed by atoms with Crippen LogP contribution in [-0.4, -0.2) is 28.4 Å². The van der Waals surface area contributed by atoms with E-state index in [-0.39, 0.29) is 18.1 Å². The number of carbonyl (C=O) groups is 2. The molecule has 30 heavy (non-hydrogen) atoms. The zero-order valence-corrected chi connectivity index (χ0v) is 17.1. The van der Waals surface area contributed by atoms with Crippen LogP contribution in [0.25, 0.3) is 0 Å². The van der Waals surface area contributed by atoms with Crippen LogP contribution in [-0.2, 0) is 16.2 Å². The Hall–Kier alpha value is -3.52. The molecule has 1 N–H and O–H groups in total. The van der Waals surface area contributed by atoms with Crippen LogP contribution < -0.4 is 15.1 Å². The molecule has 1 aliphatic rings. The van der Waals surface area contributed by atoms with Gasteiger partial charge in [-0.05, 0) is 31.2 Å². The van der Waals surface area contributed by atoms with Gasteiger partial charge in [-0.2, -0.15) is 5.10 Å². The number of nitrogens with one attached hydrogen (secondary N) is 1. The molecular weight excluding hydrogens is 400 g/mol. The number of benzene rings is 2. The molecule has 152 valence electrons. The first-order valence-corrected chi connectivity index (χ1v) is 10.4. The zero-order valence-electron chi connectivity index (χ0n) is 16.3. The minimum Gasteiger partial charge on any atom is -0.485 e. The van der Waals surface area contributed by atoms with Crippen molar-refractivity contribution in [3.05, 3.63) is 71.2 Å². The van der Waals surface area contributed by atoms with Gasteiger partial charge in [0.2, 0.25) is 0 Å². The zero-order chi connectivity index (χ0) is 20.9. The molecule has 0 saturated heterocycles. The molecule has 2 heterocycles. The van der Waals surface area contributed by atoms with E-state index in [1.54, 1.807) is 22.7 Å². The number of carbonyl (C=O) groups excluding carboxylic acids is 2. The Balaban J connectivity index is 1.50. The van der Waals surface area contributed by atoms with Crippen LogP contribution in [0, 0.1) is 0 Å². The summed E-state index contributed by atoms with van der Waals surface area (Å²) in [6.07, 6.45) is 0.248. The van der Waals surface area contributed by atoms with Crippen molar-refractivity contribution in [3.63, 3.8) is 0 Å². The summed E-state index contributed by atoms with van der Waals surface area (Å²) in [4.78, 5) is 29.2. The quantitative estimate of drug-likeness (QED) is 0.627. The number of amides is 1. The Morgan fingerprint density at radius 1 is 1.17 bits per heavy atom. The molecule has 1 aliphatic heterocycles. The molecule has 0 saturated carbocycles. The van der Waals surface area contributed by atoms with Crippen LogP contribution in [0.3, 0.4) is 0 Å². The van der Waals surface area contributed by atoms with Crippen molar-refractivity contribution in [2.75, 3.05) is 10.3 Å². The maximum atomic E-state index is 12.9. The Morgan fingerprint density at radius 3 is 2.67 bits per heavy atom. The van der Waals surface area contributed by atoms with Crippen LogP contribution in [0.1, 0.15) is 19.0 Å². The molecule has 0 radical (unpaired) electrons. The van der Waals surface area contributed by atoms with E-state index in [2.05, 4.69) is 15.4 Å². The van der Waals surface area contributed by atoms with Gasteiger partial charge in [-0.3, -0.25) is 14.6 Å². The number of hydrazone groups is 1. The van der Waals surface area contributed by atoms with Gasteiger partial charge in [0, 0.05) is 11.8 Å². The molecule has 1 amide bonds. The lowest BCUT2D eigenvalue weighted by Gasteiger charge is -2.20. The molecule has 0 bridgehead atoms. The summed E-state index contributed by atoms with van der Waals surface area (Å²) in [6.45, 7) is 1.82. The third kappa shape index (κ3) is 4.38. The van der Waals surface area contributed by atoms with Gasteiger partial charge in [-0.25, -0.2) is 4.98 Å². The molecule has 0 spiro atoms. The normalized spacial score (nSPS) is 15.6. The number of anilines is 2. The Labute approximate surface area is 178 Å². The number of thiazole rings is 1.